The standard InChI is InChI=1S/C24H30N2O2/c27-24(19-21-6-8-23(9-7-21)25-14-16-28-17-15-25)26-12-10-22(11-13-26)18-20-4-2-1-3-5-20/h1-9,22H,10-19H2. The Labute approximate surface area is 168 Å². The van der Waals surface area contributed by atoms with Crippen LogP contribution in [0.1, 0.15) is 24.0 Å². The van der Waals surface area contributed by atoms with Gasteiger partial charge in [-0.25, -0.2) is 0 Å². The smallest absolute Gasteiger partial charge is 0.226 e. The van der Waals surface area contributed by atoms with Crippen LogP contribution < -0.4 is 4.90 Å². The van der Waals surface area contributed by atoms with E-state index in [4.69, 9.17) is 4.74 Å². The third kappa shape index (κ3) is 4.93. The Hall–Kier alpha value is -2.33. The first kappa shape index (κ1) is 19.0. The van der Waals surface area contributed by atoms with Gasteiger partial charge in [0.05, 0.1) is 19.6 Å². The highest BCUT2D eigenvalue weighted by atomic mass is 16.5. The molecule has 2 aromatic rings. The van der Waals surface area contributed by atoms with Crippen molar-refractivity contribution in [2.75, 3.05) is 44.3 Å². The maximum atomic E-state index is 12.7. The molecule has 0 aliphatic carbocycles. The van der Waals surface area contributed by atoms with Crippen molar-refractivity contribution in [1.82, 2.24) is 4.90 Å². The normalized spacial score (nSPS) is 18.3. The molecule has 0 unspecified atom stereocenters. The number of carbonyl (C=O) groups excluding carboxylic acids is 1. The molecule has 0 atom stereocenters. The summed E-state index contributed by atoms with van der Waals surface area (Å²) in [5.74, 6) is 0.955. The summed E-state index contributed by atoms with van der Waals surface area (Å²) in [6.07, 6.45) is 3.85. The molecule has 4 nitrogen and oxygen atoms in total. The van der Waals surface area contributed by atoms with Crippen molar-refractivity contribution in [2.24, 2.45) is 5.92 Å². The molecule has 2 fully saturated rings. The van der Waals surface area contributed by atoms with Crippen LogP contribution in [-0.2, 0) is 22.4 Å². The number of piperidine rings is 1. The maximum absolute atomic E-state index is 12.7. The van der Waals surface area contributed by atoms with E-state index >= 15 is 0 Å². The van der Waals surface area contributed by atoms with Crippen LogP contribution >= 0.6 is 0 Å². The number of benzene rings is 2. The molecule has 4 heteroatoms. The minimum absolute atomic E-state index is 0.261. The van der Waals surface area contributed by atoms with E-state index in [-0.39, 0.29) is 5.91 Å². The molecule has 2 heterocycles. The van der Waals surface area contributed by atoms with Gasteiger partial charge >= 0.3 is 0 Å². The van der Waals surface area contributed by atoms with Crippen molar-refractivity contribution >= 4 is 11.6 Å². The summed E-state index contributed by atoms with van der Waals surface area (Å²) in [5, 5.41) is 0. The fraction of sp³-hybridized carbons (Fsp3) is 0.458. The quantitative estimate of drug-likeness (QED) is 0.798. The highest BCUT2D eigenvalue weighted by molar-refractivity contribution is 5.79. The van der Waals surface area contributed by atoms with E-state index in [2.05, 4.69) is 64.4 Å². The van der Waals surface area contributed by atoms with E-state index in [0.717, 1.165) is 64.2 Å². The lowest BCUT2D eigenvalue weighted by Crippen LogP contribution is -2.39. The number of hydrogen-bond acceptors (Lipinski definition) is 3. The zero-order valence-corrected chi connectivity index (χ0v) is 16.6. The SMILES string of the molecule is O=C(Cc1ccc(N2CCOCC2)cc1)N1CCC(Cc2ccccc2)CC1. The lowest BCUT2D eigenvalue weighted by molar-refractivity contribution is -0.131. The molecular weight excluding hydrogens is 348 g/mol. The van der Waals surface area contributed by atoms with Crippen LogP contribution in [0.15, 0.2) is 54.6 Å². The predicted octanol–water partition coefficient (Wildman–Crippen LogP) is 3.55. The van der Waals surface area contributed by atoms with Crippen molar-refractivity contribution in [3.8, 4) is 0 Å². The first-order valence-electron chi connectivity index (χ1n) is 10.5. The summed E-state index contributed by atoms with van der Waals surface area (Å²) in [5.41, 5.74) is 3.74. The van der Waals surface area contributed by atoms with E-state index in [0.29, 0.717) is 12.3 Å². The topological polar surface area (TPSA) is 32.8 Å². The number of rotatable bonds is 5. The Morgan fingerprint density at radius 1 is 0.857 bits per heavy atom. The fourth-order valence-electron chi connectivity index (χ4n) is 4.27. The van der Waals surface area contributed by atoms with Crippen LogP contribution in [0.5, 0.6) is 0 Å². The van der Waals surface area contributed by atoms with Crippen LogP contribution in [0.25, 0.3) is 0 Å². The van der Waals surface area contributed by atoms with Gasteiger partial charge in [-0.3, -0.25) is 4.79 Å². The van der Waals surface area contributed by atoms with Gasteiger partial charge in [0.15, 0.2) is 0 Å². The molecule has 0 bridgehead atoms. The number of hydrogen-bond donors (Lipinski definition) is 0. The van der Waals surface area contributed by atoms with Gasteiger partial charge in [0, 0.05) is 31.9 Å². The van der Waals surface area contributed by atoms with Gasteiger partial charge in [-0.15, -0.1) is 0 Å². The third-order valence-electron chi connectivity index (χ3n) is 6.00. The zero-order chi connectivity index (χ0) is 19.2. The van der Waals surface area contributed by atoms with Gasteiger partial charge in [0.1, 0.15) is 0 Å². The van der Waals surface area contributed by atoms with Crippen LogP contribution in [0.4, 0.5) is 5.69 Å². The average molecular weight is 379 g/mol. The number of amides is 1. The summed E-state index contributed by atoms with van der Waals surface area (Å²) >= 11 is 0. The third-order valence-corrected chi connectivity index (χ3v) is 6.00. The Balaban J connectivity index is 1.25. The Bertz CT molecular complexity index is 746. The molecule has 4 rings (SSSR count). The highest BCUT2D eigenvalue weighted by Gasteiger charge is 2.23. The predicted molar refractivity (Wildman–Crippen MR) is 113 cm³/mol. The van der Waals surface area contributed by atoms with E-state index in [1.165, 1.54) is 11.3 Å². The molecule has 0 radical (unpaired) electrons. The fourth-order valence-corrected chi connectivity index (χ4v) is 4.27. The van der Waals surface area contributed by atoms with Crippen LogP contribution in [0.3, 0.4) is 0 Å². The van der Waals surface area contributed by atoms with Gasteiger partial charge in [-0.05, 0) is 48.4 Å². The molecular formula is C24H30N2O2. The summed E-state index contributed by atoms with van der Waals surface area (Å²) in [6, 6.07) is 19.2. The van der Waals surface area contributed by atoms with Crippen molar-refractivity contribution in [3.05, 3.63) is 65.7 Å². The Kier molecular flexibility index (Phi) is 6.27. The lowest BCUT2D eigenvalue weighted by atomic mass is 9.90. The molecule has 0 aromatic heterocycles. The number of nitrogens with zero attached hydrogens (tertiary/aromatic N) is 2. The number of anilines is 1. The number of morpholine rings is 1. The van der Waals surface area contributed by atoms with E-state index in [9.17, 15) is 4.79 Å². The summed E-state index contributed by atoms with van der Waals surface area (Å²) in [6.45, 7) is 5.25. The van der Waals surface area contributed by atoms with Crippen LogP contribution in [0.2, 0.25) is 0 Å². The number of likely N-dealkylation sites (tertiary alicyclic amines) is 1. The Morgan fingerprint density at radius 3 is 2.21 bits per heavy atom. The van der Waals surface area contributed by atoms with Crippen molar-refractivity contribution in [2.45, 2.75) is 25.7 Å². The largest absolute Gasteiger partial charge is 0.378 e. The monoisotopic (exact) mass is 378 g/mol. The average Bonchev–Trinajstić information content (AvgIpc) is 2.76. The van der Waals surface area contributed by atoms with Crippen molar-refractivity contribution in [1.29, 1.82) is 0 Å². The maximum Gasteiger partial charge on any atom is 0.226 e. The van der Waals surface area contributed by atoms with Gasteiger partial charge in [0.25, 0.3) is 0 Å². The minimum Gasteiger partial charge on any atom is -0.378 e. The molecule has 1 amide bonds. The lowest BCUT2D eigenvalue weighted by Gasteiger charge is -2.32. The molecule has 2 aliphatic rings. The van der Waals surface area contributed by atoms with E-state index in [1.807, 2.05) is 0 Å². The second kappa shape index (κ2) is 9.24. The first-order chi connectivity index (χ1) is 13.8. The summed E-state index contributed by atoms with van der Waals surface area (Å²) in [7, 11) is 0. The van der Waals surface area contributed by atoms with Gasteiger partial charge in [-0.2, -0.15) is 0 Å². The first-order valence-corrected chi connectivity index (χ1v) is 10.5. The molecule has 148 valence electrons. The van der Waals surface area contributed by atoms with E-state index in [1.54, 1.807) is 0 Å². The molecule has 0 saturated carbocycles. The molecule has 2 aromatic carbocycles. The second-order valence-electron chi connectivity index (χ2n) is 7.96. The molecule has 0 N–H and O–H groups in total. The number of carbonyl (C=O) groups is 1. The summed E-state index contributed by atoms with van der Waals surface area (Å²) in [4.78, 5) is 17.1. The van der Waals surface area contributed by atoms with Crippen LogP contribution in [-0.4, -0.2) is 50.2 Å². The van der Waals surface area contributed by atoms with Crippen molar-refractivity contribution in [3.63, 3.8) is 0 Å². The van der Waals surface area contributed by atoms with Gasteiger partial charge in [-0.1, -0.05) is 42.5 Å². The molecule has 2 aliphatic heterocycles. The summed E-state index contributed by atoms with van der Waals surface area (Å²) < 4.78 is 5.41. The van der Waals surface area contributed by atoms with Crippen LogP contribution in [0, 0.1) is 5.92 Å². The van der Waals surface area contributed by atoms with Crippen molar-refractivity contribution < 1.29 is 9.53 Å². The van der Waals surface area contributed by atoms with E-state index < -0.39 is 0 Å². The molecule has 2 saturated heterocycles. The minimum atomic E-state index is 0.261. The molecule has 28 heavy (non-hydrogen) atoms. The number of ether oxygens (including phenoxy) is 1. The Morgan fingerprint density at radius 2 is 1.54 bits per heavy atom. The zero-order valence-electron chi connectivity index (χ0n) is 16.6. The molecule has 0 spiro atoms. The highest BCUT2D eigenvalue weighted by Crippen LogP contribution is 2.23. The van der Waals surface area contributed by atoms with Gasteiger partial charge in [0.2, 0.25) is 5.91 Å². The van der Waals surface area contributed by atoms with Gasteiger partial charge < -0.3 is 14.5 Å². The second-order valence-corrected chi connectivity index (χ2v) is 7.96.